The Balaban J connectivity index is 5.37. The highest BCUT2D eigenvalue weighted by Gasteiger charge is 2.51. The molecule has 0 heterocycles. The topological polar surface area (TPSA) is 135 Å². The van der Waals surface area contributed by atoms with Gasteiger partial charge in [-0.15, -0.1) is 0 Å². The summed E-state index contributed by atoms with van der Waals surface area (Å²) in [6.07, 6.45) is -1.20. The fourth-order valence-electron chi connectivity index (χ4n) is 1.37. The number of aliphatic hydroxyl groups is 1. The SMILES string of the molecule is CN(C)C(C(=O)O)C(O)(CC(=O)O)C(=O)O. The molecule has 0 saturated heterocycles. The predicted octanol–water partition coefficient (Wildman–Crippen LogP) is -1.71. The smallest absolute Gasteiger partial charge is 0.338 e. The van der Waals surface area contributed by atoms with Gasteiger partial charge in [0.1, 0.15) is 6.04 Å². The Hall–Kier alpha value is -1.67. The van der Waals surface area contributed by atoms with Gasteiger partial charge in [-0.3, -0.25) is 14.5 Å². The van der Waals surface area contributed by atoms with Gasteiger partial charge in [0.25, 0.3) is 0 Å². The van der Waals surface area contributed by atoms with Crippen molar-refractivity contribution in [3.05, 3.63) is 0 Å². The maximum absolute atomic E-state index is 10.8. The lowest BCUT2D eigenvalue weighted by atomic mass is 9.89. The van der Waals surface area contributed by atoms with Crippen molar-refractivity contribution < 1.29 is 34.8 Å². The van der Waals surface area contributed by atoms with Crippen molar-refractivity contribution in [3.8, 4) is 0 Å². The normalized spacial score (nSPS) is 16.5. The lowest BCUT2D eigenvalue weighted by Crippen LogP contribution is -2.60. The highest BCUT2D eigenvalue weighted by Crippen LogP contribution is 2.20. The summed E-state index contributed by atoms with van der Waals surface area (Å²) in [4.78, 5) is 33.0. The molecule has 0 aliphatic rings. The predicted molar refractivity (Wildman–Crippen MR) is 49.9 cm³/mol. The van der Waals surface area contributed by atoms with Crippen LogP contribution in [-0.2, 0) is 14.4 Å². The van der Waals surface area contributed by atoms with E-state index in [4.69, 9.17) is 15.3 Å². The Morgan fingerprint density at radius 1 is 1.19 bits per heavy atom. The minimum atomic E-state index is -2.87. The first kappa shape index (κ1) is 14.3. The van der Waals surface area contributed by atoms with E-state index in [-0.39, 0.29) is 0 Å². The maximum atomic E-state index is 10.8. The van der Waals surface area contributed by atoms with E-state index in [1.165, 1.54) is 14.1 Å². The van der Waals surface area contributed by atoms with Crippen molar-refractivity contribution >= 4 is 17.9 Å². The number of aliphatic carboxylic acids is 3. The first-order valence-electron chi connectivity index (χ1n) is 4.19. The monoisotopic (exact) mass is 235 g/mol. The quantitative estimate of drug-likeness (QED) is 0.427. The van der Waals surface area contributed by atoms with E-state index >= 15 is 0 Å². The molecule has 0 aromatic rings. The molecule has 0 aliphatic heterocycles. The molecule has 8 nitrogen and oxygen atoms in total. The van der Waals surface area contributed by atoms with Gasteiger partial charge < -0.3 is 20.4 Å². The third kappa shape index (κ3) is 2.91. The van der Waals surface area contributed by atoms with E-state index < -0.39 is 36.0 Å². The Morgan fingerprint density at radius 2 is 1.62 bits per heavy atom. The van der Waals surface area contributed by atoms with Crippen LogP contribution in [0.4, 0.5) is 0 Å². The van der Waals surface area contributed by atoms with Gasteiger partial charge >= 0.3 is 17.9 Å². The van der Waals surface area contributed by atoms with Crippen LogP contribution in [0.5, 0.6) is 0 Å². The van der Waals surface area contributed by atoms with Crippen molar-refractivity contribution in [2.45, 2.75) is 18.1 Å². The van der Waals surface area contributed by atoms with Crippen LogP contribution in [-0.4, -0.2) is 69.0 Å². The van der Waals surface area contributed by atoms with Gasteiger partial charge in [-0.05, 0) is 14.1 Å². The van der Waals surface area contributed by atoms with E-state index in [9.17, 15) is 19.5 Å². The Kier molecular flexibility index (Phi) is 4.39. The molecule has 4 N–H and O–H groups in total. The summed E-state index contributed by atoms with van der Waals surface area (Å²) in [7, 11) is 2.46. The minimum Gasteiger partial charge on any atom is -0.481 e. The summed E-state index contributed by atoms with van der Waals surface area (Å²) < 4.78 is 0. The summed E-state index contributed by atoms with van der Waals surface area (Å²) in [6, 6.07) is -1.85. The van der Waals surface area contributed by atoms with E-state index in [1.807, 2.05) is 0 Å². The second kappa shape index (κ2) is 4.90. The molecule has 0 amide bonds. The van der Waals surface area contributed by atoms with Crippen molar-refractivity contribution in [3.63, 3.8) is 0 Å². The molecule has 0 aromatic heterocycles. The molecule has 0 bridgehead atoms. The van der Waals surface area contributed by atoms with E-state index in [0.29, 0.717) is 0 Å². The van der Waals surface area contributed by atoms with Gasteiger partial charge in [-0.1, -0.05) is 0 Å². The Labute approximate surface area is 90.7 Å². The number of nitrogens with zero attached hydrogens (tertiary/aromatic N) is 1. The van der Waals surface area contributed by atoms with Crippen LogP contribution in [0.15, 0.2) is 0 Å². The van der Waals surface area contributed by atoms with Crippen LogP contribution in [0.3, 0.4) is 0 Å². The highest BCUT2D eigenvalue weighted by molar-refractivity contribution is 5.91. The highest BCUT2D eigenvalue weighted by atomic mass is 16.4. The average molecular weight is 235 g/mol. The summed E-state index contributed by atoms with van der Waals surface area (Å²) in [5, 5.41) is 35.7. The molecule has 0 rings (SSSR count). The fourth-order valence-corrected chi connectivity index (χ4v) is 1.37. The number of hydrogen-bond donors (Lipinski definition) is 4. The summed E-state index contributed by atoms with van der Waals surface area (Å²) >= 11 is 0. The molecule has 0 radical (unpaired) electrons. The molecule has 2 atom stereocenters. The third-order valence-corrected chi connectivity index (χ3v) is 1.99. The maximum Gasteiger partial charge on any atom is 0.338 e. The Bertz CT molecular complexity index is 314. The molecule has 0 fully saturated rings. The lowest BCUT2D eigenvalue weighted by molar-refractivity contribution is -0.179. The lowest BCUT2D eigenvalue weighted by Gasteiger charge is -2.32. The summed E-state index contributed by atoms with van der Waals surface area (Å²) in [5.74, 6) is -5.11. The molecule has 92 valence electrons. The second-order valence-electron chi connectivity index (χ2n) is 3.50. The average Bonchev–Trinajstić information content (AvgIpc) is 1.99. The van der Waals surface area contributed by atoms with E-state index in [0.717, 1.165) is 4.90 Å². The number of carboxylic acid groups (broad SMARTS) is 3. The zero-order valence-corrected chi connectivity index (χ0v) is 8.75. The van der Waals surface area contributed by atoms with Gasteiger partial charge in [0.05, 0.1) is 6.42 Å². The molecule has 0 aliphatic carbocycles. The van der Waals surface area contributed by atoms with Gasteiger partial charge in [-0.25, -0.2) is 4.79 Å². The van der Waals surface area contributed by atoms with Crippen molar-refractivity contribution in [2.24, 2.45) is 0 Å². The van der Waals surface area contributed by atoms with E-state index in [1.54, 1.807) is 0 Å². The fraction of sp³-hybridized carbons (Fsp3) is 0.625. The zero-order chi connectivity index (χ0) is 13.1. The van der Waals surface area contributed by atoms with Crippen LogP contribution in [0.1, 0.15) is 6.42 Å². The molecule has 16 heavy (non-hydrogen) atoms. The summed E-state index contributed by atoms with van der Waals surface area (Å²) in [5.41, 5.74) is -2.87. The van der Waals surface area contributed by atoms with Gasteiger partial charge in [0.15, 0.2) is 5.60 Å². The largest absolute Gasteiger partial charge is 0.481 e. The number of rotatable bonds is 6. The van der Waals surface area contributed by atoms with Crippen molar-refractivity contribution in [2.75, 3.05) is 14.1 Å². The molecular formula is C8H13NO7. The van der Waals surface area contributed by atoms with Crippen LogP contribution < -0.4 is 0 Å². The molecular weight excluding hydrogens is 222 g/mol. The van der Waals surface area contributed by atoms with Crippen molar-refractivity contribution in [1.82, 2.24) is 4.90 Å². The Morgan fingerprint density at radius 3 is 1.81 bits per heavy atom. The molecule has 8 heteroatoms. The van der Waals surface area contributed by atoms with Crippen LogP contribution in [0, 0.1) is 0 Å². The number of carbonyl (C=O) groups is 3. The number of carboxylic acids is 3. The zero-order valence-electron chi connectivity index (χ0n) is 8.75. The third-order valence-electron chi connectivity index (χ3n) is 1.99. The van der Waals surface area contributed by atoms with Crippen LogP contribution in [0.2, 0.25) is 0 Å². The van der Waals surface area contributed by atoms with Crippen LogP contribution >= 0.6 is 0 Å². The molecule has 0 aromatic carbocycles. The molecule has 0 spiro atoms. The number of likely N-dealkylation sites (N-methyl/N-ethyl adjacent to an activating group) is 1. The summed E-state index contributed by atoms with van der Waals surface area (Å²) in [6.45, 7) is 0. The van der Waals surface area contributed by atoms with Gasteiger partial charge in [-0.2, -0.15) is 0 Å². The standard InChI is InChI=1S/C8H13NO7/c1-9(2)5(6(12)13)8(16,7(14)15)3-4(10)11/h5,16H,3H2,1-2H3,(H,10,11)(H,12,13)(H,14,15). The van der Waals surface area contributed by atoms with Gasteiger partial charge in [0, 0.05) is 0 Å². The molecule has 2 unspecified atom stereocenters. The van der Waals surface area contributed by atoms with E-state index in [2.05, 4.69) is 0 Å². The molecule has 0 saturated carbocycles. The second-order valence-corrected chi connectivity index (χ2v) is 3.50. The first-order chi connectivity index (χ1) is 7.12. The van der Waals surface area contributed by atoms with Crippen LogP contribution in [0.25, 0.3) is 0 Å². The number of hydrogen-bond acceptors (Lipinski definition) is 5. The van der Waals surface area contributed by atoms with Crippen molar-refractivity contribution in [1.29, 1.82) is 0 Å². The first-order valence-corrected chi connectivity index (χ1v) is 4.19. The van der Waals surface area contributed by atoms with Gasteiger partial charge in [0.2, 0.25) is 0 Å². The minimum absolute atomic E-state index is 0.930.